The van der Waals surface area contributed by atoms with Crippen molar-refractivity contribution in [1.82, 2.24) is 4.98 Å². The zero-order valence-electron chi connectivity index (χ0n) is 15.8. The number of hydrogen-bond acceptors (Lipinski definition) is 6. The van der Waals surface area contributed by atoms with Gasteiger partial charge in [0.15, 0.2) is 23.3 Å². The molecule has 0 fully saturated rings. The number of carbonyl (C=O) groups is 1. The van der Waals surface area contributed by atoms with Gasteiger partial charge in [0.05, 0.1) is 21.3 Å². The molecular formula is C21H20N2O5. The number of methoxy groups -OCH3 is 3. The summed E-state index contributed by atoms with van der Waals surface area (Å²) in [7, 11) is 4.54. The van der Waals surface area contributed by atoms with E-state index in [1.54, 1.807) is 12.1 Å². The average Bonchev–Trinajstić information content (AvgIpc) is 3.38. The van der Waals surface area contributed by atoms with E-state index in [-0.39, 0.29) is 12.4 Å². The van der Waals surface area contributed by atoms with Gasteiger partial charge in [0, 0.05) is 16.5 Å². The molecule has 4 rings (SSSR count). The fraction of sp³-hybridized carbons (Fsp3) is 0.238. The number of aromatic nitrogens is 1. The second-order valence-electron chi connectivity index (χ2n) is 6.31. The summed E-state index contributed by atoms with van der Waals surface area (Å²) in [6, 6.07) is 12.5. The Kier molecular flexibility index (Phi) is 4.65. The van der Waals surface area contributed by atoms with Gasteiger partial charge in [0.2, 0.25) is 11.6 Å². The van der Waals surface area contributed by atoms with Gasteiger partial charge in [-0.3, -0.25) is 4.79 Å². The zero-order valence-corrected chi connectivity index (χ0v) is 15.8. The van der Waals surface area contributed by atoms with Gasteiger partial charge in [-0.1, -0.05) is 18.2 Å². The lowest BCUT2D eigenvalue weighted by Crippen LogP contribution is -2.20. The summed E-state index contributed by atoms with van der Waals surface area (Å²) in [4.78, 5) is 20.7. The second kappa shape index (κ2) is 7.26. The maximum absolute atomic E-state index is 13.0. The van der Waals surface area contributed by atoms with E-state index in [0.29, 0.717) is 28.7 Å². The second-order valence-corrected chi connectivity index (χ2v) is 6.31. The number of para-hydroxylation sites is 1. The Morgan fingerprint density at radius 2 is 1.79 bits per heavy atom. The highest BCUT2D eigenvalue weighted by atomic mass is 16.5. The third kappa shape index (κ3) is 3.05. The summed E-state index contributed by atoms with van der Waals surface area (Å²) in [6.07, 6.45) is 0. The highest BCUT2D eigenvalue weighted by molar-refractivity contribution is 6.06. The van der Waals surface area contributed by atoms with Gasteiger partial charge in [0.25, 0.3) is 0 Å². The van der Waals surface area contributed by atoms with Crippen molar-refractivity contribution < 1.29 is 23.7 Å². The molecule has 7 heteroatoms. The van der Waals surface area contributed by atoms with Crippen molar-refractivity contribution in [2.75, 3.05) is 27.9 Å². The van der Waals surface area contributed by atoms with E-state index >= 15 is 0 Å². The van der Waals surface area contributed by atoms with Crippen LogP contribution in [0.25, 0.3) is 10.9 Å². The highest BCUT2D eigenvalue weighted by Gasteiger charge is 2.29. The van der Waals surface area contributed by atoms with E-state index in [1.165, 1.54) is 21.3 Å². The molecule has 1 aromatic heterocycles. The molecule has 2 aromatic carbocycles. The molecule has 0 saturated carbocycles. The first-order valence-electron chi connectivity index (χ1n) is 8.77. The van der Waals surface area contributed by atoms with Gasteiger partial charge in [-0.15, -0.1) is 0 Å². The van der Waals surface area contributed by atoms with Crippen LogP contribution >= 0.6 is 0 Å². The number of rotatable bonds is 6. The molecule has 1 unspecified atom stereocenters. The van der Waals surface area contributed by atoms with E-state index in [9.17, 15) is 4.79 Å². The molecule has 0 radical (unpaired) electrons. The molecule has 28 heavy (non-hydrogen) atoms. The van der Waals surface area contributed by atoms with Crippen LogP contribution in [-0.2, 0) is 4.74 Å². The molecule has 3 aromatic rings. The molecule has 144 valence electrons. The normalized spacial score (nSPS) is 15.8. The van der Waals surface area contributed by atoms with Gasteiger partial charge in [-0.2, -0.15) is 0 Å². The van der Waals surface area contributed by atoms with Gasteiger partial charge in [-0.05, 0) is 24.3 Å². The lowest BCUT2D eigenvalue weighted by atomic mass is 10.0. The van der Waals surface area contributed by atoms with Crippen molar-refractivity contribution in [3.05, 3.63) is 53.7 Å². The number of carbonyl (C=O) groups excluding carboxylic acids is 1. The number of aromatic amines is 1. The van der Waals surface area contributed by atoms with Crippen molar-refractivity contribution in [2.24, 2.45) is 4.99 Å². The standard InChI is InChI=1S/C21H20N2O5/c1-25-17-9-13(10-18(26-2)20(17)27-3)19(24)16-11-28-21(23-16)15-8-12-6-4-5-7-14(12)22-15/h4-10,16,22H,11H2,1-3H3. The van der Waals surface area contributed by atoms with Crippen LogP contribution in [0.1, 0.15) is 16.1 Å². The molecule has 7 nitrogen and oxygen atoms in total. The Morgan fingerprint density at radius 1 is 1.07 bits per heavy atom. The number of ether oxygens (including phenoxy) is 4. The minimum Gasteiger partial charge on any atom is -0.493 e. The number of Topliss-reactive ketones (excluding diaryl/α,β-unsaturated/α-hetero) is 1. The van der Waals surface area contributed by atoms with Crippen LogP contribution in [0.3, 0.4) is 0 Å². The molecule has 2 heterocycles. The fourth-order valence-corrected chi connectivity index (χ4v) is 3.26. The summed E-state index contributed by atoms with van der Waals surface area (Å²) in [5, 5.41) is 1.06. The highest BCUT2D eigenvalue weighted by Crippen LogP contribution is 2.38. The number of fused-ring (bicyclic) bond motifs is 1. The molecule has 0 aliphatic carbocycles. The Morgan fingerprint density at radius 3 is 2.43 bits per heavy atom. The zero-order chi connectivity index (χ0) is 19.7. The predicted octanol–water partition coefficient (Wildman–Crippen LogP) is 3.22. The topological polar surface area (TPSA) is 82.1 Å². The quantitative estimate of drug-likeness (QED) is 0.664. The summed E-state index contributed by atoms with van der Waals surface area (Å²) < 4.78 is 21.7. The first-order chi connectivity index (χ1) is 13.6. The van der Waals surface area contributed by atoms with Crippen LogP contribution in [0.15, 0.2) is 47.5 Å². The summed E-state index contributed by atoms with van der Waals surface area (Å²) >= 11 is 0. The van der Waals surface area contributed by atoms with Crippen molar-refractivity contribution in [2.45, 2.75) is 6.04 Å². The summed E-state index contributed by atoms with van der Waals surface area (Å²) in [5.41, 5.74) is 2.16. The third-order valence-corrected chi connectivity index (χ3v) is 4.66. The molecule has 1 aliphatic heterocycles. The van der Waals surface area contributed by atoms with E-state index in [1.807, 2.05) is 30.3 Å². The number of aliphatic imine (C=N–C) groups is 1. The number of nitrogens with one attached hydrogen (secondary N) is 1. The smallest absolute Gasteiger partial charge is 0.234 e. The Hall–Kier alpha value is -3.48. The van der Waals surface area contributed by atoms with Crippen molar-refractivity contribution >= 4 is 22.6 Å². The van der Waals surface area contributed by atoms with E-state index < -0.39 is 6.04 Å². The number of hydrogen-bond donors (Lipinski definition) is 1. The maximum atomic E-state index is 13.0. The molecule has 0 saturated heterocycles. The average molecular weight is 380 g/mol. The molecule has 0 bridgehead atoms. The van der Waals surface area contributed by atoms with Crippen LogP contribution in [-0.4, -0.2) is 50.6 Å². The first kappa shape index (κ1) is 17.9. The SMILES string of the molecule is COc1cc(C(=O)C2COC(c3cc4ccccc4[nH]3)=N2)cc(OC)c1OC. The summed E-state index contributed by atoms with van der Waals surface area (Å²) in [5.74, 6) is 1.53. The third-order valence-electron chi connectivity index (χ3n) is 4.66. The largest absolute Gasteiger partial charge is 0.493 e. The molecule has 0 amide bonds. The minimum absolute atomic E-state index is 0.176. The van der Waals surface area contributed by atoms with Crippen LogP contribution in [0.4, 0.5) is 0 Å². The fourth-order valence-electron chi connectivity index (χ4n) is 3.26. The van der Waals surface area contributed by atoms with Crippen molar-refractivity contribution in [3.8, 4) is 17.2 Å². The van der Waals surface area contributed by atoms with E-state index in [0.717, 1.165) is 16.6 Å². The Bertz CT molecular complexity index is 1010. The first-order valence-corrected chi connectivity index (χ1v) is 8.77. The molecular weight excluding hydrogens is 360 g/mol. The van der Waals surface area contributed by atoms with Crippen molar-refractivity contribution in [1.29, 1.82) is 0 Å². The minimum atomic E-state index is -0.635. The maximum Gasteiger partial charge on any atom is 0.234 e. The lowest BCUT2D eigenvalue weighted by molar-refractivity contribution is 0.0947. The molecule has 1 N–H and O–H groups in total. The monoisotopic (exact) mass is 380 g/mol. The van der Waals surface area contributed by atoms with Gasteiger partial charge in [0.1, 0.15) is 12.3 Å². The number of ketones is 1. The predicted molar refractivity (Wildman–Crippen MR) is 105 cm³/mol. The van der Waals surface area contributed by atoms with E-state index in [4.69, 9.17) is 18.9 Å². The van der Waals surface area contributed by atoms with Crippen LogP contribution < -0.4 is 14.2 Å². The van der Waals surface area contributed by atoms with Crippen LogP contribution in [0.2, 0.25) is 0 Å². The van der Waals surface area contributed by atoms with Gasteiger partial charge < -0.3 is 23.9 Å². The molecule has 0 spiro atoms. The van der Waals surface area contributed by atoms with Gasteiger partial charge in [-0.25, -0.2) is 4.99 Å². The molecule has 1 atom stereocenters. The number of H-pyrrole nitrogens is 1. The van der Waals surface area contributed by atoms with Crippen molar-refractivity contribution in [3.63, 3.8) is 0 Å². The Labute approximate surface area is 161 Å². The van der Waals surface area contributed by atoms with Crippen LogP contribution in [0.5, 0.6) is 17.2 Å². The summed E-state index contributed by atoms with van der Waals surface area (Å²) in [6.45, 7) is 0.181. The number of benzene rings is 2. The number of nitrogens with zero attached hydrogens (tertiary/aromatic N) is 1. The lowest BCUT2D eigenvalue weighted by Gasteiger charge is -2.14. The van der Waals surface area contributed by atoms with Gasteiger partial charge >= 0.3 is 0 Å². The van der Waals surface area contributed by atoms with E-state index in [2.05, 4.69) is 9.98 Å². The Balaban J connectivity index is 1.64. The molecule has 1 aliphatic rings. The van der Waals surface area contributed by atoms with Crippen LogP contribution in [0, 0.1) is 0 Å².